The molecule has 2 aliphatic rings. The number of hydrogen-bond donors (Lipinski definition) is 2. The van der Waals surface area contributed by atoms with Gasteiger partial charge in [0.15, 0.2) is 0 Å². The van der Waals surface area contributed by atoms with Crippen LogP contribution in [0.25, 0.3) is 21.5 Å². The van der Waals surface area contributed by atoms with Gasteiger partial charge in [-0.25, -0.2) is 0 Å². The first-order chi connectivity index (χ1) is 19.9. The molecule has 1 aliphatic heterocycles. The molecule has 1 saturated heterocycles. The molecule has 6 nitrogen and oxygen atoms in total. The van der Waals surface area contributed by atoms with Crippen LogP contribution in [0, 0.1) is 5.41 Å². The van der Waals surface area contributed by atoms with Crippen LogP contribution in [0.5, 0.6) is 0 Å². The number of fused-ring (bicyclic) bond motifs is 2. The van der Waals surface area contributed by atoms with E-state index in [2.05, 4.69) is 5.32 Å². The Balaban J connectivity index is 1.27. The molecule has 1 atom stereocenters. The van der Waals surface area contributed by atoms with E-state index in [1.54, 1.807) is 0 Å². The number of aliphatic carboxylic acids is 1. The van der Waals surface area contributed by atoms with Crippen molar-refractivity contribution in [3.8, 4) is 0 Å². The minimum Gasteiger partial charge on any atom is -0.481 e. The second kappa shape index (κ2) is 11.4. The van der Waals surface area contributed by atoms with Gasteiger partial charge in [-0.2, -0.15) is 0 Å². The van der Waals surface area contributed by atoms with Crippen LogP contribution in [0.3, 0.4) is 0 Å². The Labute approximate surface area is 240 Å². The largest absolute Gasteiger partial charge is 0.481 e. The van der Waals surface area contributed by atoms with E-state index in [1.165, 1.54) is 25.7 Å². The van der Waals surface area contributed by atoms with Crippen LogP contribution in [0.4, 0.5) is 5.69 Å². The predicted molar refractivity (Wildman–Crippen MR) is 162 cm³/mol. The third kappa shape index (κ3) is 5.69. The number of rotatable bonds is 7. The lowest BCUT2D eigenvalue weighted by Crippen LogP contribution is -2.42. The van der Waals surface area contributed by atoms with E-state index in [9.17, 15) is 19.5 Å². The van der Waals surface area contributed by atoms with Gasteiger partial charge in [0.2, 0.25) is 5.91 Å². The highest BCUT2D eigenvalue weighted by atomic mass is 16.4. The van der Waals surface area contributed by atoms with Gasteiger partial charge < -0.3 is 15.3 Å². The van der Waals surface area contributed by atoms with Crippen molar-refractivity contribution in [2.24, 2.45) is 5.41 Å². The average molecular weight is 549 g/mol. The quantitative estimate of drug-likeness (QED) is 0.252. The van der Waals surface area contributed by atoms with Gasteiger partial charge in [0.25, 0.3) is 5.91 Å². The Morgan fingerprint density at radius 2 is 1.41 bits per heavy atom. The number of likely N-dealkylation sites (tertiary alicyclic amines) is 1. The summed E-state index contributed by atoms with van der Waals surface area (Å²) in [6, 6.07) is 25.2. The lowest BCUT2D eigenvalue weighted by Gasteiger charge is -2.39. The third-order valence-electron chi connectivity index (χ3n) is 9.28. The van der Waals surface area contributed by atoms with Crippen molar-refractivity contribution < 1.29 is 19.5 Å². The lowest BCUT2D eigenvalue weighted by atomic mass is 9.77. The average Bonchev–Trinajstić information content (AvgIpc) is 3.43. The number of hydrogen-bond acceptors (Lipinski definition) is 3. The number of amides is 2. The van der Waals surface area contributed by atoms with Crippen LogP contribution in [0.2, 0.25) is 0 Å². The number of carbonyl (C=O) groups excluding carboxylic acids is 2. The molecular weight excluding hydrogens is 512 g/mol. The van der Waals surface area contributed by atoms with E-state index in [0.717, 1.165) is 53.0 Å². The molecule has 0 bridgehead atoms. The Bertz CT molecular complexity index is 1610. The molecule has 6 rings (SSSR count). The van der Waals surface area contributed by atoms with Crippen molar-refractivity contribution in [2.75, 3.05) is 18.4 Å². The normalized spacial score (nSPS) is 17.1. The highest BCUT2D eigenvalue weighted by Crippen LogP contribution is 2.46. The van der Waals surface area contributed by atoms with Gasteiger partial charge in [0.05, 0.1) is 17.7 Å². The summed E-state index contributed by atoms with van der Waals surface area (Å²) < 4.78 is 0. The highest BCUT2D eigenvalue weighted by Gasteiger charge is 2.38. The number of carboxylic acids is 1. The van der Waals surface area contributed by atoms with E-state index in [-0.39, 0.29) is 24.7 Å². The van der Waals surface area contributed by atoms with Crippen LogP contribution < -0.4 is 5.32 Å². The first kappa shape index (κ1) is 27.0. The van der Waals surface area contributed by atoms with E-state index in [0.29, 0.717) is 16.7 Å². The van der Waals surface area contributed by atoms with Crippen molar-refractivity contribution in [2.45, 2.75) is 57.3 Å². The smallest absolute Gasteiger partial charge is 0.303 e. The van der Waals surface area contributed by atoms with Crippen LogP contribution in [0.1, 0.15) is 73.2 Å². The van der Waals surface area contributed by atoms with Gasteiger partial charge in [-0.05, 0) is 70.3 Å². The molecule has 0 aromatic heterocycles. The second-order valence-corrected chi connectivity index (χ2v) is 11.9. The fraction of sp³-hybridized carbons (Fsp3) is 0.343. The van der Waals surface area contributed by atoms with Crippen LogP contribution in [0.15, 0.2) is 78.9 Å². The zero-order valence-electron chi connectivity index (χ0n) is 23.3. The number of carbonyl (C=O) groups is 3. The summed E-state index contributed by atoms with van der Waals surface area (Å²) in [5.74, 6) is -1.84. The Hall–Kier alpha value is -4.19. The number of nitrogens with zero attached hydrogens (tertiary/aromatic N) is 1. The summed E-state index contributed by atoms with van der Waals surface area (Å²) >= 11 is 0. The molecule has 2 amide bonds. The summed E-state index contributed by atoms with van der Waals surface area (Å²) in [6.07, 6.45) is 7.01. The molecule has 2 N–H and O–H groups in total. The standard InChI is InChI=1S/C35H36N2O4/c38-32(22-27(23-33(39)40)29-13-7-11-24-8-3-4-12-28(24)29)36-31-21-26-10-2-1-9-25(26)20-30(31)34(41)37-18-16-35(17-19-37)14-5-6-15-35/h1-4,7-13,20-21,27H,5-6,14-19,22-23H2,(H,36,38)(H,39,40). The molecule has 1 saturated carbocycles. The maximum Gasteiger partial charge on any atom is 0.303 e. The molecule has 210 valence electrons. The zero-order chi connectivity index (χ0) is 28.4. The van der Waals surface area contributed by atoms with Crippen molar-refractivity contribution in [1.82, 2.24) is 4.90 Å². The van der Waals surface area contributed by atoms with Gasteiger partial charge in [-0.1, -0.05) is 79.6 Å². The van der Waals surface area contributed by atoms with Crippen molar-refractivity contribution in [1.29, 1.82) is 0 Å². The molecule has 1 heterocycles. The fourth-order valence-electron chi connectivity index (χ4n) is 7.03. The SMILES string of the molecule is O=C(O)CC(CC(=O)Nc1cc2ccccc2cc1C(=O)N1CCC2(CCCC2)CC1)c1cccc2ccccc12. The number of benzene rings is 4. The molecule has 1 unspecified atom stereocenters. The number of anilines is 1. The second-order valence-electron chi connectivity index (χ2n) is 11.9. The minimum absolute atomic E-state index is 0.00695. The van der Waals surface area contributed by atoms with Gasteiger partial charge in [0.1, 0.15) is 0 Å². The van der Waals surface area contributed by atoms with Crippen LogP contribution in [-0.2, 0) is 9.59 Å². The maximum absolute atomic E-state index is 13.9. The molecule has 2 fully saturated rings. The van der Waals surface area contributed by atoms with Gasteiger partial charge >= 0.3 is 5.97 Å². The molecule has 41 heavy (non-hydrogen) atoms. The molecule has 6 heteroatoms. The van der Waals surface area contributed by atoms with Gasteiger partial charge in [-0.15, -0.1) is 0 Å². The predicted octanol–water partition coefficient (Wildman–Crippen LogP) is 7.38. The van der Waals surface area contributed by atoms with E-state index in [1.807, 2.05) is 83.8 Å². The van der Waals surface area contributed by atoms with E-state index < -0.39 is 11.9 Å². The first-order valence-corrected chi connectivity index (χ1v) is 14.7. The van der Waals surface area contributed by atoms with Crippen molar-refractivity contribution >= 4 is 45.0 Å². The Morgan fingerprint density at radius 3 is 2.12 bits per heavy atom. The summed E-state index contributed by atoms with van der Waals surface area (Å²) in [4.78, 5) is 41.2. The Morgan fingerprint density at radius 1 is 0.780 bits per heavy atom. The number of carboxylic acid groups (broad SMARTS) is 1. The monoisotopic (exact) mass is 548 g/mol. The van der Waals surface area contributed by atoms with Gasteiger partial charge in [-0.3, -0.25) is 14.4 Å². The third-order valence-corrected chi connectivity index (χ3v) is 9.28. The summed E-state index contributed by atoms with van der Waals surface area (Å²) in [6.45, 7) is 1.47. The molecule has 0 radical (unpaired) electrons. The molecule has 1 spiro atoms. The molecule has 1 aliphatic carbocycles. The van der Waals surface area contributed by atoms with Crippen LogP contribution in [-0.4, -0.2) is 40.9 Å². The highest BCUT2D eigenvalue weighted by molar-refractivity contribution is 6.08. The molecule has 4 aromatic rings. The number of piperidine rings is 1. The summed E-state index contributed by atoms with van der Waals surface area (Å²) in [5.41, 5.74) is 2.20. The first-order valence-electron chi connectivity index (χ1n) is 14.7. The van der Waals surface area contributed by atoms with Crippen molar-refractivity contribution in [3.63, 3.8) is 0 Å². The van der Waals surface area contributed by atoms with Crippen LogP contribution >= 0.6 is 0 Å². The fourth-order valence-corrected chi connectivity index (χ4v) is 7.03. The zero-order valence-corrected chi connectivity index (χ0v) is 23.3. The van der Waals surface area contributed by atoms with E-state index >= 15 is 0 Å². The number of nitrogens with one attached hydrogen (secondary N) is 1. The lowest BCUT2D eigenvalue weighted by molar-refractivity contribution is -0.137. The molecular formula is C35H36N2O4. The van der Waals surface area contributed by atoms with E-state index in [4.69, 9.17) is 0 Å². The van der Waals surface area contributed by atoms with Crippen molar-refractivity contribution in [3.05, 3.63) is 90.0 Å². The van der Waals surface area contributed by atoms with Gasteiger partial charge in [0, 0.05) is 25.4 Å². The molecule has 4 aromatic carbocycles. The summed E-state index contributed by atoms with van der Waals surface area (Å²) in [5, 5.41) is 16.5. The Kier molecular flexibility index (Phi) is 7.48. The minimum atomic E-state index is -0.956. The topological polar surface area (TPSA) is 86.7 Å². The summed E-state index contributed by atoms with van der Waals surface area (Å²) in [7, 11) is 0. The maximum atomic E-state index is 13.9.